The number of imide groups is 1. The first-order valence-corrected chi connectivity index (χ1v) is 10.6. The highest BCUT2D eigenvalue weighted by atomic mass is 32.1. The van der Waals surface area contributed by atoms with Crippen LogP contribution >= 0.6 is 11.3 Å². The van der Waals surface area contributed by atoms with Crippen LogP contribution in [-0.2, 0) is 16.0 Å². The predicted molar refractivity (Wildman–Crippen MR) is 108 cm³/mol. The van der Waals surface area contributed by atoms with E-state index in [0.29, 0.717) is 11.6 Å². The van der Waals surface area contributed by atoms with E-state index in [-0.39, 0.29) is 11.7 Å². The van der Waals surface area contributed by atoms with Crippen LogP contribution in [0.15, 0.2) is 30.5 Å². The van der Waals surface area contributed by atoms with E-state index < -0.39 is 36.3 Å². The molecule has 32 heavy (non-hydrogen) atoms. The number of nitrogens with zero attached hydrogens (tertiary/aromatic N) is 2. The highest BCUT2D eigenvalue weighted by Crippen LogP contribution is 2.42. The highest BCUT2D eigenvalue weighted by Gasteiger charge is 2.56. The molecule has 2 N–H and O–H groups in total. The van der Waals surface area contributed by atoms with Crippen LogP contribution in [0.2, 0.25) is 0 Å². The number of halogens is 3. The number of carbonyl (C=O) groups is 3. The summed E-state index contributed by atoms with van der Waals surface area (Å²) in [6.45, 7) is 1.26. The Morgan fingerprint density at radius 3 is 2.62 bits per heavy atom. The molecule has 0 bridgehead atoms. The quantitative estimate of drug-likeness (QED) is 0.608. The second-order valence-corrected chi connectivity index (χ2v) is 8.96. The Labute approximate surface area is 184 Å². The van der Waals surface area contributed by atoms with Gasteiger partial charge >= 0.3 is 12.4 Å². The molecular formula is C20H19F3N4O4S. The first kappa shape index (κ1) is 22.1. The van der Waals surface area contributed by atoms with Gasteiger partial charge in [-0.25, -0.2) is 9.78 Å². The van der Waals surface area contributed by atoms with Crippen molar-refractivity contribution in [2.75, 3.05) is 11.9 Å². The zero-order valence-corrected chi connectivity index (χ0v) is 17.7. The third kappa shape index (κ3) is 4.85. The Morgan fingerprint density at radius 1 is 1.31 bits per heavy atom. The van der Waals surface area contributed by atoms with Crippen molar-refractivity contribution < 1.29 is 32.3 Å². The minimum Gasteiger partial charge on any atom is -0.406 e. The van der Waals surface area contributed by atoms with Crippen molar-refractivity contribution in [2.45, 2.75) is 38.1 Å². The molecule has 1 aromatic heterocycles. The topological polar surface area (TPSA) is 101 Å². The summed E-state index contributed by atoms with van der Waals surface area (Å²) in [5, 5.41) is 5.55. The van der Waals surface area contributed by atoms with Crippen molar-refractivity contribution in [1.82, 2.24) is 15.2 Å². The lowest BCUT2D eigenvalue weighted by molar-refractivity contribution is -0.274. The molecule has 1 aliphatic heterocycles. The molecule has 2 aliphatic rings. The molecule has 2 fully saturated rings. The van der Waals surface area contributed by atoms with Crippen LogP contribution in [0.5, 0.6) is 5.75 Å². The maximum Gasteiger partial charge on any atom is 0.573 e. The van der Waals surface area contributed by atoms with Crippen LogP contribution in [0.3, 0.4) is 0 Å². The second kappa shape index (κ2) is 8.08. The summed E-state index contributed by atoms with van der Waals surface area (Å²) in [6, 6.07) is 4.87. The van der Waals surface area contributed by atoms with Crippen molar-refractivity contribution in [3.8, 4) is 5.75 Å². The molecule has 1 saturated carbocycles. The van der Waals surface area contributed by atoms with E-state index in [0.717, 1.165) is 28.2 Å². The number of amides is 4. The van der Waals surface area contributed by atoms with Crippen molar-refractivity contribution in [3.63, 3.8) is 0 Å². The Morgan fingerprint density at radius 2 is 2.00 bits per heavy atom. The van der Waals surface area contributed by atoms with Crippen LogP contribution < -0.4 is 15.4 Å². The summed E-state index contributed by atoms with van der Waals surface area (Å²) in [5.74, 6) is -1.17. The number of anilines is 1. The zero-order valence-electron chi connectivity index (χ0n) is 16.9. The van der Waals surface area contributed by atoms with Crippen LogP contribution in [-0.4, -0.2) is 46.2 Å². The van der Waals surface area contributed by atoms with Gasteiger partial charge in [0.25, 0.3) is 5.91 Å². The Kier molecular flexibility index (Phi) is 5.57. The lowest BCUT2D eigenvalue weighted by Gasteiger charge is -2.20. The number of hydrogen-bond donors (Lipinski definition) is 2. The molecule has 0 radical (unpaired) electrons. The fourth-order valence-corrected chi connectivity index (χ4v) is 4.42. The maximum absolute atomic E-state index is 12.6. The van der Waals surface area contributed by atoms with Gasteiger partial charge in [-0.05, 0) is 43.4 Å². The number of rotatable bonds is 7. The van der Waals surface area contributed by atoms with Crippen LogP contribution in [0.4, 0.5) is 23.1 Å². The maximum atomic E-state index is 12.6. The molecule has 2 heterocycles. The largest absolute Gasteiger partial charge is 0.573 e. The molecule has 4 amide bonds. The number of aromatic nitrogens is 1. The summed E-state index contributed by atoms with van der Waals surface area (Å²) in [6.07, 6.45) is -1.08. The number of nitrogens with one attached hydrogen (secondary N) is 2. The first-order valence-electron chi connectivity index (χ1n) is 9.77. The van der Waals surface area contributed by atoms with Gasteiger partial charge in [-0.3, -0.25) is 14.5 Å². The number of carbonyl (C=O) groups excluding carboxylic acids is 3. The van der Waals surface area contributed by atoms with E-state index in [1.807, 2.05) is 0 Å². The molecule has 12 heteroatoms. The van der Waals surface area contributed by atoms with Gasteiger partial charge in [0.1, 0.15) is 17.8 Å². The SMILES string of the molecule is C[C@]1(C2CC2)NC(=O)N(CC(=O)Nc2ncc(Cc3ccc(OC(F)(F)F)cc3)s2)C1=O. The summed E-state index contributed by atoms with van der Waals surface area (Å²) >= 11 is 1.19. The fraction of sp³-hybridized carbons (Fsp3) is 0.400. The number of benzene rings is 1. The van der Waals surface area contributed by atoms with Crippen LogP contribution in [0.1, 0.15) is 30.2 Å². The van der Waals surface area contributed by atoms with Gasteiger partial charge in [0.15, 0.2) is 5.13 Å². The monoisotopic (exact) mass is 468 g/mol. The van der Waals surface area contributed by atoms with Gasteiger partial charge in [0.2, 0.25) is 5.91 Å². The summed E-state index contributed by atoms with van der Waals surface area (Å²) < 4.78 is 40.5. The summed E-state index contributed by atoms with van der Waals surface area (Å²) in [5.41, 5.74) is -0.216. The smallest absolute Gasteiger partial charge is 0.406 e. The Hall–Kier alpha value is -3.15. The summed E-state index contributed by atoms with van der Waals surface area (Å²) in [4.78, 5) is 42.9. The standard InChI is InChI=1S/C20H19F3N4O4S/c1-19(12-4-5-12)16(29)27(18(30)26-19)10-15(28)25-17-24-9-14(32-17)8-11-2-6-13(7-3-11)31-20(21,22)23/h2-3,6-7,9,12H,4-5,8,10H2,1H3,(H,26,30)(H,24,25,28)/t19-/m1/s1. The van der Waals surface area contributed by atoms with Crippen molar-refractivity contribution >= 4 is 34.3 Å². The zero-order chi connectivity index (χ0) is 23.1. The number of alkyl halides is 3. The Bertz CT molecular complexity index is 1050. The average molecular weight is 468 g/mol. The van der Waals surface area contributed by atoms with Crippen LogP contribution in [0, 0.1) is 5.92 Å². The van der Waals surface area contributed by atoms with Gasteiger partial charge in [-0.15, -0.1) is 24.5 Å². The van der Waals surface area contributed by atoms with Crippen LogP contribution in [0.25, 0.3) is 0 Å². The van der Waals surface area contributed by atoms with E-state index in [4.69, 9.17) is 0 Å². The van der Waals surface area contributed by atoms with Gasteiger partial charge in [-0.1, -0.05) is 12.1 Å². The van der Waals surface area contributed by atoms with Crippen molar-refractivity contribution in [3.05, 3.63) is 40.9 Å². The molecule has 4 rings (SSSR count). The molecule has 1 atom stereocenters. The van der Waals surface area contributed by atoms with Gasteiger partial charge in [0.05, 0.1) is 0 Å². The lowest BCUT2D eigenvalue weighted by Crippen LogP contribution is -2.46. The van der Waals surface area contributed by atoms with Gasteiger partial charge < -0.3 is 15.4 Å². The van der Waals surface area contributed by atoms with E-state index in [2.05, 4.69) is 20.4 Å². The molecule has 0 unspecified atom stereocenters. The third-order valence-corrected chi connectivity index (χ3v) is 6.24. The molecular weight excluding hydrogens is 449 g/mol. The van der Waals surface area contributed by atoms with E-state index in [1.54, 1.807) is 6.92 Å². The molecule has 170 valence electrons. The van der Waals surface area contributed by atoms with Crippen molar-refractivity contribution in [1.29, 1.82) is 0 Å². The normalized spacial score (nSPS) is 20.9. The van der Waals surface area contributed by atoms with Gasteiger partial charge in [-0.2, -0.15) is 0 Å². The molecule has 1 aromatic carbocycles. The van der Waals surface area contributed by atoms with E-state index >= 15 is 0 Å². The summed E-state index contributed by atoms with van der Waals surface area (Å²) in [7, 11) is 0. The van der Waals surface area contributed by atoms with Crippen molar-refractivity contribution in [2.24, 2.45) is 5.92 Å². The number of ether oxygens (including phenoxy) is 1. The number of urea groups is 1. The van der Waals surface area contributed by atoms with E-state index in [1.165, 1.54) is 41.8 Å². The Balaban J connectivity index is 1.32. The minimum atomic E-state index is -4.75. The highest BCUT2D eigenvalue weighted by molar-refractivity contribution is 7.15. The van der Waals surface area contributed by atoms with Gasteiger partial charge in [0, 0.05) is 17.5 Å². The molecule has 1 aliphatic carbocycles. The number of thiazole rings is 1. The van der Waals surface area contributed by atoms with E-state index in [9.17, 15) is 27.6 Å². The minimum absolute atomic E-state index is 0.0997. The molecule has 1 saturated heterocycles. The fourth-order valence-electron chi connectivity index (χ4n) is 3.56. The molecule has 2 aromatic rings. The first-order chi connectivity index (χ1) is 15.0. The second-order valence-electron chi connectivity index (χ2n) is 7.85. The predicted octanol–water partition coefficient (Wildman–Crippen LogP) is 3.29. The molecule has 8 nitrogen and oxygen atoms in total. The molecule has 0 spiro atoms. The average Bonchev–Trinajstić information content (AvgIpc) is 3.44. The third-order valence-electron chi connectivity index (χ3n) is 5.33. The number of hydrogen-bond acceptors (Lipinski definition) is 6. The lowest BCUT2D eigenvalue weighted by atomic mass is 9.96.